The Hall–Kier alpha value is -5.63. The van der Waals surface area contributed by atoms with Crippen LogP contribution in [0, 0.1) is 17.8 Å². The lowest BCUT2D eigenvalue weighted by Gasteiger charge is -2.29. The molecule has 0 aliphatic heterocycles. The van der Waals surface area contributed by atoms with E-state index in [0.717, 1.165) is 0 Å². The standard InChI is InChI=1S/C39H62N8O12/c1-19(2)15-25(44-36(55)26(17-29(40)49)45-37(56)32(41)20(3)4)28(48)18-30(50)47-33(21(5)6)38(57)42-22(7)34(53)43-24(13-14-31(51)52)35(54)46-27(39(58)59)16-23-11-9-8-10-12-23/h8-12,19-22,24-28,32-33,48H,13-18,41H2,1-7H3,(H2,40,49)(H,42,57)(H,43,53)(H,44,55)(H,45,56)(H,46,54)(H,47,50)(H,51,52)(H,58,59)/t22-,24-,25-,26-,27-,28?,32-,33-/m0/s1. The smallest absolute Gasteiger partial charge is 0.326 e. The van der Waals surface area contributed by atoms with Crippen molar-refractivity contribution >= 4 is 53.3 Å². The second-order valence-electron chi connectivity index (χ2n) is 15.6. The van der Waals surface area contributed by atoms with Gasteiger partial charge < -0.3 is 58.7 Å². The number of aliphatic hydroxyl groups excluding tert-OH is 1. The summed E-state index contributed by atoms with van der Waals surface area (Å²) in [5.41, 5.74) is 11.8. The number of benzene rings is 1. The van der Waals surface area contributed by atoms with E-state index in [4.69, 9.17) is 11.5 Å². The molecule has 0 fully saturated rings. The van der Waals surface area contributed by atoms with Gasteiger partial charge in [-0.3, -0.25) is 38.4 Å². The van der Waals surface area contributed by atoms with Gasteiger partial charge in [0.2, 0.25) is 41.4 Å². The van der Waals surface area contributed by atoms with Crippen LogP contribution in [0.4, 0.5) is 0 Å². The highest BCUT2D eigenvalue weighted by Gasteiger charge is 2.34. The summed E-state index contributed by atoms with van der Waals surface area (Å²) in [4.78, 5) is 114. The number of aliphatic hydroxyl groups is 1. The zero-order valence-electron chi connectivity index (χ0n) is 34.7. The number of carboxylic acids is 2. The second-order valence-corrected chi connectivity index (χ2v) is 15.6. The van der Waals surface area contributed by atoms with E-state index in [2.05, 4.69) is 31.9 Å². The molecule has 0 aromatic heterocycles. The summed E-state index contributed by atoms with van der Waals surface area (Å²) in [6.45, 7) is 11.5. The summed E-state index contributed by atoms with van der Waals surface area (Å²) >= 11 is 0. The van der Waals surface area contributed by atoms with Gasteiger partial charge in [-0.1, -0.05) is 71.9 Å². The van der Waals surface area contributed by atoms with E-state index in [0.29, 0.717) is 5.56 Å². The van der Waals surface area contributed by atoms with Crippen molar-refractivity contribution in [3.63, 3.8) is 0 Å². The second kappa shape index (κ2) is 25.0. The van der Waals surface area contributed by atoms with E-state index in [-0.39, 0.29) is 24.7 Å². The molecule has 20 heteroatoms. The number of primary amides is 1. The van der Waals surface area contributed by atoms with Crippen LogP contribution in [0.15, 0.2) is 30.3 Å². The van der Waals surface area contributed by atoms with Gasteiger partial charge in [0.1, 0.15) is 30.2 Å². The van der Waals surface area contributed by atoms with Gasteiger partial charge in [-0.2, -0.15) is 0 Å². The van der Waals surface area contributed by atoms with Crippen LogP contribution in [0.3, 0.4) is 0 Å². The number of rotatable bonds is 26. The van der Waals surface area contributed by atoms with Crippen LogP contribution in [-0.2, 0) is 49.6 Å². The Labute approximate surface area is 343 Å². The Morgan fingerprint density at radius 1 is 0.644 bits per heavy atom. The summed E-state index contributed by atoms with van der Waals surface area (Å²) in [7, 11) is 0. The molecule has 13 N–H and O–H groups in total. The fraction of sp³-hybridized carbons (Fsp3) is 0.615. The van der Waals surface area contributed by atoms with E-state index in [9.17, 15) is 58.5 Å². The largest absolute Gasteiger partial charge is 0.481 e. The monoisotopic (exact) mass is 834 g/mol. The average Bonchev–Trinajstić information content (AvgIpc) is 3.13. The van der Waals surface area contributed by atoms with Crippen molar-refractivity contribution in [2.24, 2.45) is 29.2 Å². The van der Waals surface area contributed by atoms with E-state index in [1.54, 1.807) is 71.9 Å². The normalized spacial score (nSPS) is 15.3. The lowest BCUT2D eigenvalue weighted by Crippen LogP contribution is -2.58. The lowest BCUT2D eigenvalue weighted by molar-refractivity contribution is -0.143. The number of aliphatic carboxylic acids is 2. The van der Waals surface area contributed by atoms with Gasteiger partial charge in [0.25, 0.3) is 0 Å². The van der Waals surface area contributed by atoms with Crippen LogP contribution in [0.2, 0.25) is 0 Å². The average molecular weight is 835 g/mol. The molecule has 0 aliphatic carbocycles. The highest BCUT2D eigenvalue weighted by Crippen LogP contribution is 2.14. The Bertz CT molecular complexity index is 1620. The van der Waals surface area contributed by atoms with Crippen LogP contribution >= 0.6 is 0 Å². The molecule has 0 saturated heterocycles. The first-order chi connectivity index (χ1) is 27.4. The van der Waals surface area contributed by atoms with Gasteiger partial charge in [-0.25, -0.2) is 4.79 Å². The molecule has 0 radical (unpaired) electrons. The molecule has 1 rings (SSSR count). The Morgan fingerprint density at radius 3 is 1.71 bits per heavy atom. The molecule has 20 nitrogen and oxygen atoms in total. The van der Waals surface area contributed by atoms with Gasteiger partial charge >= 0.3 is 11.9 Å². The summed E-state index contributed by atoms with van der Waals surface area (Å²) in [6, 6.07) is -0.500. The molecule has 1 aromatic rings. The van der Waals surface area contributed by atoms with Crippen molar-refractivity contribution in [1.29, 1.82) is 0 Å². The highest BCUT2D eigenvalue weighted by atomic mass is 16.4. The summed E-state index contributed by atoms with van der Waals surface area (Å²) in [6.07, 6.45) is -3.55. The van der Waals surface area contributed by atoms with Gasteiger partial charge in [0, 0.05) is 12.8 Å². The molecule has 0 saturated carbocycles. The molecule has 330 valence electrons. The quantitative estimate of drug-likeness (QED) is 0.0503. The molecular formula is C39H62N8O12. The molecule has 8 atom stereocenters. The first-order valence-corrected chi connectivity index (χ1v) is 19.4. The molecule has 0 aliphatic rings. The third-order valence-electron chi connectivity index (χ3n) is 9.17. The zero-order valence-corrected chi connectivity index (χ0v) is 34.7. The van der Waals surface area contributed by atoms with Crippen LogP contribution in [0.25, 0.3) is 0 Å². The van der Waals surface area contributed by atoms with E-state index < -0.39 is 133 Å². The van der Waals surface area contributed by atoms with E-state index >= 15 is 0 Å². The number of carbonyl (C=O) groups excluding carboxylic acids is 7. The third-order valence-corrected chi connectivity index (χ3v) is 9.17. The number of carboxylic acid groups (broad SMARTS) is 2. The third kappa shape index (κ3) is 19.1. The fourth-order valence-electron chi connectivity index (χ4n) is 5.71. The molecule has 59 heavy (non-hydrogen) atoms. The van der Waals surface area contributed by atoms with Crippen molar-refractivity contribution in [2.45, 2.75) is 135 Å². The number of hydrogen-bond acceptors (Lipinski definition) is 11. The maximum absolute atomic E-state index is 13.4. The van der Waals surface area contributed by atoms with Crippen molar-refractivity contribution < 1.29 is 58.5 Å². The predicted octanol–water partition coefficient (Wildman–Crippen LogP) is -1.58. The summed E-state index contributed by atoms with van der Waals surface area (Å²) in [5, 5.41) is 44.8. The maximum Gasteiger partial charge on any atom is 0.326 e. The van der Waals surface area contributed by atoms with E-state index in [1.165, 1.54) is 6.92 Å². The summed E-state index contributed by atoms with van der Waals surface area (Å²) < 4.78 is 0. The minimum Gasteiger partial charge on any atom is -0.481 e. The number of amides is 7. The minimum atomic E-state index is -1.51. The number of nitrogens with two attached hydrogens (primary N) is 2. The predicted molar refractivity (Wildman–Crippen MR) is 213 cm³/mol. The molecule has 0 bridgehead atoms. The highest BCUT2D eigenvalue weighted by molar-refractivity contribution is 5.95. The van der Waals surface area contributed by atoms with Crippen LogP contribution < -0.4 is 43.4 Å². The van der Waals surface area contributed by atoms with Gasteiger partial charge in [-0.15, -0.1) is 0 Å². The van der Waals surface area contributed by atoms with Crippen molar-refractivity contribution in [1.82, 2.24) is 31.9 Å². The Morgan fingerprint density at radius 2 is 1.20 bits per heavy atom. The topological polar surface area (TPSA) is 339 Å². The van der Waals surface area contributed by atoms with Gasteiger partial charge in [0.15, 0.2) is 0 Å². The minimum absolute atomic E-state index is 0.0917. The molecule has 0 spiro atoms. The first kappa shape index (κ1) is 51.4. The molecular weight excluding hydrogens is 772 g/mol. The van der Waals surface area contributed by atoms with E-state index in [1.807, 2.05) is 0 Å². The van der Waals surface area contributed by atoms with Crippen molar-refractivity contribution in [3.8, 4) is 0 Å². The number of hydrogen-bond donors (Lipinski definition) is 11. The molecule has 7 amide bonds. The van der Waals surface area contributed by atoms with Gasteiger partial charge in [0.05, 0.1) is 31.0 Å². The Balaban J connectivity index is 3.05. The van der Waals surface area contributed by atoms with Crippen LogP contribution in [-0.4, -0.2) is 117 Å². The Kier molecular flexibility index (Phi) is 21.8. The zero-order chi connectivity index (χ0) is 45.1. The van der Waals surface area contributed by atoms with Crippen LogP contribution in [0.5, 0.6) is 0 Å². The number of carbonyl (C=O) groups is 9. The summed E-state index contributed by atoms with van der Waals surface area (Å²) in [5.74, 6) is -9.50. The van der Waals surface area contributed by atoms with Crippen molar-refractivity contribution in [3.05, 3.63) is 35.9 Å². The van der Waals surface area contributed by atoms with Gasteiger partial charge in [-0.05, 0) is 43.1 Å². The molecule has 1 aromatic carbocycles. The lowest BCUT2D eigenvalue weighted by atomic mass is 9.95. The van der Waals surface area contributed by atoms with Crippen molar-refractivity contribution in [2.75, 3.05) is 0 Å². The molecule has 1 unspecified atom stereocenters. The maximum atomic E-state index is 13.4. The van der Waals surface area contributed by atoms with Crippen LogP contribution in [0.1, 0.15) is 86.1 Å². The first-order valence-electron chi connectivity index (χ1n) is 19.4. The molecule has 0 heterocycles. The SMILES string of the molecule is CC(C)C[C@H](NC(=O)[C@H](CC(N)=O)NC(=O)[C@@H](N)C(C)C)C(O)CC(=O)N[C@H](C(=O)N[C@@H](C)C(=O)N[C@@H](CCC(=O)O)C(=O)N[C@@H](Cc1ccccc1)C(=O)O)C(C)C. The number of nitrogens with one attached hydrogen (secondary N) is 6. The fourth-order valence-corrected chi connectivity index (χ4v) is 5.71.